The second-order valence-corrected chi connectivity index (χ2v) is 6.11. The molecule has 2 rings (SSSR count). The van der Waals surface area contributed by atoms with Gasteiger partial charge in [0.2, 0.25) is 0 Å². The largest absolute Gasteiger partial charge is 0.225 e. The third kappa shape index (κ3) is 4.10. The van der Waals surface area contributed by atoms with E-state index in [1.165, 1.54) is 58.6 Å². The average molecular weight is 282 g/mol. The Morgan fingerprint density at radius 3 is 2.33 bits per heavy atom. The molecule has 0 unspecified atom stereocenters. The maximum absolute atomic E-state index is 4.37. The molecule has 18 heavy (non-hydrogen) atoms. The first-order chi connectivity index (χ1) is 8.75. The highest BCUT2D eigenvalue weighted by atomic mass is 32.1. The zero-order chi connectivity index (χ0) is 12.8. The summed E-state index contributed by atoms with van der Waals surface area (Å²) in [5, 5.41) is 5.20. The highest BCUT2D eigenvalue weighted by Gasteiger charge is 2.03. The van der Waals surface area contributed by atoms with E-state index in [-0.39, 0.29) is 0 Å². The lowest BCUT2D eigenvalue weighted by molar-refractivity contribution is 0.640. The van der Waals surface area contributed by atoms with Crippen LogP contribution in [0.5, 0.6) is 0 Å². The molecule has 0 fully saturated rings. The molecule has 0 spiro atoms. The monoisotopic (exact) mass is 282 g/mol. The van der Waals surface area contributed by atoms with Gasteiger partial charge >= 0.3 is 0 Å². The molecular formula is C12H18N4S2. The van der Waals surface area contributed by atoms with Gasteiger partial charge in [-0.25, -0.2) is 4.98 Å². The molecule has 4 nitrogen and oxygen atoms in total. The zero-order valence-corrected chi connectivity index (χ0v) is 12.5. The van der Waals surface area contributed by atoms with Gasteiger partial charge in [-0.05, 0) is 56.2 Å². The van der Waals surface area contributed by atoms with Crippen LogP contribution in [0.3, 0.4) is 0 Å². The van der Waals surface area contributed by atoms with Crippen LogP contribution in [0, 0.1) is 13.8 Å². The molecule has 0 radical (unpaired) electrons. The second-order valence-electron chi connectivity index (χ2n) is 4.43. The van der Waals surface area contributed by atoms with Crippen molar-refractivity contribution in [2.24, 2.45) is 0 Å². The van der Waals surface area contributed by atoms with Crippen LogP contribution in [0.4, 0.5) is 0 Å². The van der Waals surface area contributed by atoms with Gasteiger partial charge < -0.3 is 0 Å². The number of aryl methyl sites for hydroxylation is 4. The van der Waals surface area contributed by atoms with E-state index in [1.54, 1.807) is 0 Å². The first-order valence-corrected chi connectivity index (χ1v) is 7.87. The SMILES string of the molecule is Cc1nsc(CCCCCCc2snnc2C)n1. The van der Waals surface area contributed by atoms with Gasteiger partial charge in [0.15, 0.2) is 0 Å². The summed E-state index contributed by atoms with van der Waals surface area (Å²) in [7, 11) is 0. The van der Waals surface area contributed by atoms with Gasteiger partial charge in [0, 0.05) is 11.3 Å². The molecule has 0 aliphatic carbocycles. The van der Waals surface area contributed by atoms with Gasteiger partial charge in [0.25, 0.3) is 0 Å². The van der Waals surface area contributed by atoms with E-state index < -0.39 is 0 Å². The van der Waals surface area contributed by atoms with Gasteiger partial charge in [-0.2, -0.15) is 4.37 Å². The maximum atomic E-state index is 4.37. The van der Waals surface area contributed by atoms with Crippen molar-refractivity contribution in [3.63, 3.8) is 0 Å². The van der Waals surface area contributed by atoms with Crippen LogP contribution in [0.25, 0.3) is 0 Å². The number of aromatic nitrogens is 4. The van der Waals surface area contributed by atoms with Gasteiger partial charge in [0.1, 0.15) is 10.8 Å². The van der Waals surface area contributed by atoms with Crippen molar-refractivity contribution in [1.82, 2.24) is 18.9 Å². The standard InChI is InChI=1S/C12H18N4S2/c1-9-11(17-16-14-9)7-5-3-4-6-8-12-13-10(2)15-18-12/h3-8H2,1-2H3. The summed E-state index contributed by atoms with van der Waals surface area (Å²) in [6.07, 6.45) is 7.20. The summed E-state index contributed by atoms with van der Waals surface area (Å²) in [6, 6.07) is 0. The van der Waals surface area contributed by atoms with Crippen molar-refractivity contribution < 1.29 is 0 Å². The molecule has 0 aliphatic heterocycles. The van der Waals surface area contributed by atoms with E-state index in [0.29, 0.717) is 0 Å². The first kappa shape index (κ1) is 13.5. The van der Waals surface area contributed by atoms with Crippen LogP contribution in [-0.2, 0) is 12.8 Å². The molecule has 0 atom stereocenters. The predicted molar refractivity (Wildman–Crippen MR) is 75.2 cm³/mol. The van der Waals surface area contributed by atoms with Gasteiger partial charge in [-0.1, -0.05) is 17.3 Å². The summed E-state index contributed by atoms with van der Waals surface area (Å²) in [5.41, 5.74) is 1.10. The van der Waals surface area contributed by atoms with Crippen LogP contribution in [0.1, 0.15) is 47.1 Å². The minimum absolute atomic E-state index is 0.906. The quantitative estimate of drug-likeness (QED) is 0.731. The predicted octanol–water partition coefficient (Wildman–Crippen LogP) is 3.35. The van der Waals surface area contributed by atoms with Crippen molar-refractivity contribution in [3.05, 3.63) is 21.4 Å². The number of unbranched alkanes of at least 4 members (excludes halogenated alkanes) is 3. The fraction of sp³-hybridized carbons (Fsp3) is 0.667. The van der Waals surface area contributed by atoms with Gasteiger partial charge in [0.05, 0.1) is 5.69 Å². The molecule has 0 aliphatic rings. The molecule has 0 saturated heterocycles. The lowest BCUT2D eigenvalue weighted by Crippen LogP contribution is -1.88. The zero-order valence-electron chi connectivity index (χ0n) is 10.8. The van der Waals surface area contributed by atoms with Crippen LogP contribution in [0.2, 0.25) is 0 Å². The summed E-state index contributed by atoms with van der Waals surface area (Å²) >= 11 is 3.07. The topological polar surface area (TPSA) is 51.6 Å². The number of hydrogen-bond acceptors (Lipinski definition) is 6. The molecule has 98 valence electrons. The minimum atomic E-state index is 0.906. The fourth-order valence-corrected chi connectivity index (χ4v) is 3.19. The van der Waals surface area contributed by atoms with E-state index in [9.17, 15) is 0 Å². The van der Waals surface area contributed by atoms with E-state index in [1.807, 2.05) is 13.8 Å². The first-order valence-electron chi connectivity index (χ1n) is 6.32. The maximum Gasteiger partial charge on any atom is 0.139 e. The molecule has 0 saturated carbocycles. The summed E-state index contributed by atoms with van der Waals surface area (Å²) in [6.45, 7) is 3.99. The fourth-order valence-electron chi connectivity index (χ4n) is 1.84. The van der Waals surface area contributed by atoms with Gasteiger partial charge in [-0.3, -0.25) is 0 Å². The van der Waals surface area contributed by atoms with E-state index >= 15 is 0 Å². The Bertz CT molecular complexity index is 478. The third-order valence-electron chi connectivity index (χ3n) is 2.86. The third-order valence-corrected chi connectivity index (χ3v) is 4.60. The van der Waals surface area contributed by atoms with E-state index in [2.05, 4.69) is 18.9 Å². The molecule has 0 bridgehead atoms. The van der Waals surface area contributed by atoms with Crippen LogP contribution < -0.4 is 0 Å². The normalized spacial score (nSPS) is 11.0. The molecule has 2 aromatic heterocycles. The summed E-state index contributed by atoms with van der Waals surface area (Å²) < 4.78 is 8.15. The second kappa shape index (κ2) is 6.89. The molecule has 0 amide bonds. The van der Waals surface area contributed by atoms with Crippen LogP contribution >= 0.6 is 23.1 Å². The molecule has 2 heterocycles. The Hall–Kier alpha value is -0.880. The average Bonchev–Trinajstić information content (AvgIpc) is 2.93. The molecule has 0 aromatic carbocycles. The molecule has 6 heteroatoms. The Morgan fingerprint density at radius 1 is 0.944 bits per heavy atom. The number of rotatable bonds is 7. The lowest BCUT2D eigenvalue weighted by Gasteiger charge is -1.99. The van der Waals surface area contributed by atoms with Crippen LogP contribution in [-0.4, -0.2) is 18.9 Å². The van der Waals surface area contributed by atoms with E-state index in [0.717, 1.165) is 24.4 Å². The minimum Gasteiger partial charge on any atom is -0.225 e. The number of hydrogen-bond donors (Lipinski definition) is 0. The molecular weight excluding hydrogens is 264 g/mol. The van der Waals surface area contributed by atoms with E-state index in [4.69, 9.17) is 0 Å². The Labute approximate surface area is 116 Å². The Kier molecular flexibility index (Phi) is 5.19. The van der Waals surface area contributed by atoms with Crippen molar-refractivity contribution in [1.29, 1.82) is 0 Å². The summed E-state index contributed by atoms with van der Waals surface area (Å²) in [5.74, 6) is 0.906. The highest BCUT2D eigenvalue weighted by Crippen LogP contribution is 2.15. The van der Waals surface area contributed by atoms with Crippen molar-refractivity contribution >= 4 is 23.1 Å². The number of nitrogens with zero attached hydrogens (tertiary/aromatic N) is 4. The van der Waals surface area contributed by atoms with Crippen LogP contribution in [0.15, 0.2) is 0 Å². The van der Waals surface area contributed by atoms with Gasteiger partial charge in [-0.15, -0.1) is 5.10 Å². The van der Waals surface area contributed by atoms with Crippen molar-refractivity contribution in [2.75, 3.05) is 0 Å². The Balaban J connectivity index is 1.55. The molecule has 0 N–H and O–H groups in total. The highest BCUT2D eigenvalue weighted by molar-refractivity contribution is 7.05. The Morgan fingerprint density at radius 2 is 1.72 bits per heavy atom. The molecule has 2 aromatic rings. The smallest absolute Gasteiger partial charge is 0.139 e. The van der Waals surface area contributed by atoms with Crippen molar-refractivity contribution in [3.8, 4) is 0 Å². The summed E-state index contributed by atoms with van der Waals surface area (Å²) in [4.78, 5) is 5.72. The lowest BCUT2D eigenvalue weighted by atomic mass is 10.1. The van der Waals surface area contributed by atoms with Crippen molar-refractivity contribution in [2.45, 2.75) is 52.4 Å².